The van der Waals surface area contributed by atoms with Crippen molar-refractivity contribution >= 4 is 5.95 Å². The van der Waals surface area contributed by atoms with Gasteiger partial charge in [-0.15, -0.1) is 0 Å². The van der Waals surface area contributed by atoms with Crippen LogP contribution in [0.15, 0.2) is 69.4 Å². The number of nitrogens with zero attached hydrogens (tertiary/aromatic N) is 3. The highest BCUT2D eigenvalue weighted by Gasteiger charge is 2.27. The zero-order valence-corrected chi connectivity index (χ0v) is 18.6. The van der Waals surface area contributed by atoms with Crippen molar-refractivity contribution in [2.45, 2.75) is 25.8 Å². The van der Waals surface area contributed by atoms with Gasteiger partial charge in [0.25, 0.3) is 5.56 Å². The van der Waals surface area contributed by atoms with Crippen LogP contribution in [0.5, 0.6) is 0 Å². The van der Waals surface area contributed by atoms with E-state index < -0.39 is 40.6 Å². The smallest absolute Gasteiger partial charge is 0.310 e. The minimum absolute atomic E-state index is 0.000468. The van der Waals surface area contributed by atoms with Crippen LogP contribution < -0.4 is 16.4 Å². The van der Waals surface area contributed by atoms with Crippen molar-refractivity contribution in [2.75, 3.05) is 5.32 Å². The molecule has 1 unspecified atom stereocenters. The number of hydrogen-bond acceptors (Lipinski definition) is 4. The predicted molar refractivity (Wildman–Crippen MR) is 118 cm³/mol. The topological polar surface area (TPSA) is 68.9 Å². The Labute approximate surface area is 195 Å². The fourth-order valence-electron chi connectivity index (χ4n) is 3.87. The van der Waals surface area contributed by atoms with Crippen LogP contribution in [0.2, 0.25) is 0 Å². The van der Waals surface area contributed by atoms with Crippen molar-refractivity contribution < 1.29 is 22.0 Å². The molecule has 2 heterocycles. The van der Waals surface area contributed by atoms with Gasteiger partial charge in [-0.25, -0.2) is 17.6 Å². The lowest BCUT2D eigenvalue weighted by atomic mass is 9.88. The third-order valence-corrected chi connectivity index (χ3v) is 5.71. The molecule has 0 saturated carbocycles. The summed E-state index contributed by atoms with van der Waals surface area (Å²) in [6, 6.07) is 4.61. The molecule has 2 aromatic heterocycles. The Kier molecular flexibility index (Phi) is 6.42. The van der Waals surface area contributed by atoms with Crippen molar-refractivity contribution in [1.29, 1.82) is 0 Å². The second kappa shape index (κ2) is 9.32. The predicted octanol–water partition coefficient (Wildman–Crippen LogP) is 4.27. The van der Waals surface area contributed by atoms with Crippen LogP contribution in [0.4, 0.5) is 27.9 Å². The number of anilines is 1. The summed E-state index contributed by atoms with van der Waals surface area (Å²) in [5, 5.41) is 2.87. The number of aryl methyl sites for hydroxylation is 1. The average Bonchev–Trinajstić information content (AvgIpc) is 2.79. The Morgan fingerprint density at radius 1 is 1.09 bits per heavy atom. The number of aromatic nitrogens is 3. The molecule has 1 atom stereocenters. The van der Waals surface area contributed by atoms with Gasteiger partial charge in [0.1, 0.15) is 5.83 Å². The third kappa shape index (κ3) is 4.79. The van der Waals surface area contributed by atoms with E-state index in [0.29, 0.717) is 11.3 Å². The van der Waals surface area contributed by atoms with Crippen LogP contribution in [0, 0.1) is 23.3 Å². The fraction of sp³-hybridized carbons (Fsp3) is 0.208. The maximum Gasteiger partial charge on any atom is 0.310 e. The van der Waals surface area contributed by atoms with Gasteiger partial charge >= 0.3 is 5.56 Å². The summed E-state index contributed by atoms with van der Waals surface area (Å²) < 4.78 is 71.9. The van der Waals surface area contributed by atoms with Crippen LogP contribution in [-0.2, 0) is 13.6 Å². The molecule has 182 valence electrons. The van der Waals surface area contributed by atoms with Crippen LogP contribution in [0.25, 0.3) is 0 Å². The molecule has 11 heteroatoms. The average molecular weight is 490 g/mol. The van der Waals surface area contributed by atoms with E-state index in [0.717, 1.165) is 22.9 Å². The lowest BCUT2D eigenvalue weighted by Crippen LogP contribution is -2.26. The van der Waals surface area contributed by atoms with E-state index in [4.69, 9.17) is 0 Å². The first-order valence-electron chi connectivity index (χ1n) is 10.4. The molecular weight excluding hydrogens is 471 g/mol. The van der Waals surface area contributed by atoms with Gasteiger partial charge in [0, 0.05) is 43.0 Å². The standard InChI is InChI=1S/C24H19F5N4O2/c1-12-6-16(25)15(14-4-3-5-32(2)23(14)35)9-20(12)30-24-31-22(34)19(28)11-33(24)10-13-7-17(26)21(29)18(27)8-13/h3-8,11,15H,9-10H2,1-2H3,(H,30,31,34). The van der Waals surface area contributed by atoms with Crippen LogP contribution in [0.1, 0.15) is 30.4 Å². The molecule has 1 aliphatic rings. The highest BCUT2D eigenvalue weighted by atomic mass is 19.2. The summed E-state index contributed by atoms with van der Waals surface area (Å²) in [5.74, 6) is -7.35. The normalized spacial score (nSPS) is 15.9. The molecule has 0 bridgehead atoms. The van der Waals surface area contributed by atoms with Gasteiger partial charge in [-0.3, -0.25) is 9.59 Å². The van der Waals surface area contributed by atoms with E-state index in [1.165, 1.54) is 16.7 Å². The van der Waals surface area contributed by atoms with Gasteiger partial charge < -0.3 is 14.5 Å². The second-order valence-corrected chi connectivity index (χ2v) is 8.17. The molecule has 1 aromatic carbocycles. The Hall–Kier alpha value is -4.02. The Morgan fingerprint density at radius 2 is 1.77 bits per heavy atom. The first-order chi connectivity index (χ1) is 16.5. The number of pyridine rings is 1. The summed E-state index contributed by atoms with van der Waals surface area (Å²) in [6.07, 6.45) is 3.56. The molecule has 0 radical (unpaired) electrons. The van der Waals surface area contributed by atoms with Crippen molar-refractivity contribution in [1.82, 2.24) is 14.1 Å². The molecule has 3 aromatic rings. The molecule has 1 N–H and O–H groups in total. The molecule has 35 heavy (non-hydrogen) atoms. The maximum atomic E-state index is 14.8. The monoisotopic (exact) mass is 490 g/mol. The summed E-state index contributed by atoms with van der Waals surface area (Å²) >= 11 is 0. The molecule has 0 fully saturated rings. The number of allylic oxidation sites excluding steroid dienone is 4. The minimum Gasteiger partial charge on any atom is -0.329 e. The van der Waals surface area contributed by atoms with E-state index in [2.05, 4.69) is 10.3 Å². The molecule has 0 aliphatic heterocycles. The Bertz CT molecular complexity index is 1480. The lowest BCUT2D eigenvalue weighted by molar-refractivity contribution is 0.444. The second-order valence-electron chi connectivity index (χ2n) is 8.17. The number of rotatable bonds is 5. The summed E-state index contributed by atoms with van der Waals surface area (Å²) in [6.45, 7) is 1.23. The highest BCUT2D eigenvalue weighted by molar-refractivity contribution is 5.46. The van der Waals surface area contributed by atoms with E-state index in [-0.39, 0.29) is 35.6 Å². The van der Waals surface area contributed by atoms with Gasteiger partial charge in [0.2, 0.25) is 11.8 Å². The van der Waals surface area contributed by atoms with Crippen LogP contribution in [-0.4, -0.2) is 14.1 Å². The van der Waals surface area contributed by atoms with Crippen molar-refractivity contribution in [3.63, 3.8) is 0 Å². The van der Waals surface area contributed by atoms with E-state index in [1.807, 2.05) is 0 Å². The molecule has 4 rings (SSSR count). The first kappa shape index (κ1) is 24.1. The van der Waals surface area contributed by atoms with Gasteiger partial charge in [-0.05, 0) is 42.3 Å². The largest absolute Gasteiger partial charge is 0.329 e. The molecule has 1 aliphatic carbocycles. The van der Waals surface area contributed by atoms with E-state index in [9.17, 15) is 31.5 Å². The molecule has 6 nitrogen and oxygen atoms in total. The third-order valence-electron chi connectivity index (χ3n) is 5.71. The van der Waals surface area contributed by atoms with Gasteiger partial charge in [0.15, 0.2) is 17.5 Å². The Morgan fingerprint density at radius 3 is 2.46 bits per heavy atom. The highest BCUT2D eigenvalue weighted by Crippen LogP contribution is 2.36. The summed E-state index contributed by atoms with van der Waals surface area (Å²) in [5.41, 5.74) is -0.569. The van der Waals surface area contributed by atoms with Crippen LogP contribution >= 0.6 is 0 Å². The molecular formula is C24H19F5N4O2. The van der Waals surface area contributed by atoms with E-state index in [1.54, 1.807) is 26.2 Å². The van der Waals surface area contributed by atoms with Gasteiger partial charge in [0.05, 0.1) is 6.54 Å². The minimum atomic E-state index is -1.65. The number of hydrogen-bond donors (Lipinski definition) is 1. The zero-order valence-electron chi connectivity index (χ0n) is 18.6. The first-order valence-corrected chi connectivity index (χ1v) is 10.4. The quantitative estimate of drug-likeness (QED) is 0.429. The van der Waals surface area contributed by atoms with Crippen LogP contribution in [0.3, 0.4) is 0 Å². The van der Waals surface area contributed by atoms with Crippen molar-refractivity contribution in [3.05, 3.63) is 115 Å². The summed E-state index contributed by atoms with van der Waals surface area (Å²) in [4.78, 5) is 28.1. The van der Waals surface area contributed by atoms with Crippen molar-refractivity contribution in [2.24, 2.45) is 7.05 Å². The maximum absolute atomic E-state index is 14.8. The molecule has 0 spiro atoms. The number of nitrogens with one attached hydrogen (secondary N) is 1. The van der Waals surface area contributed by atoms with Gasteiger partial charge in [-0.2, -0.15) is 9.37 Å². The molecule has 0 saturated heterocycles. The Balaban J connectivity index is 1.71. The van der Waals surface area contributed by atoms with Crippen molar-refractivity contribution in [3.8, 4) is 0 Å². The van der Waals surface area contributed by atoms with E-state index >= 15 is 0 Å². The number of halogens is 5. The summed E-state index contributed by atoms with van der Waals surface area (Å²) in [7, 11) is 1.54. The lowest BCUT2D eigenvalue weighted by Gasteiger charge is -2.25. The zero-order chi connectivity index (χ0) is 25.4. The number of benzene rings is 1. The fourth-order valence-corrected chi connectivity index (χ4v) is 3.87. The van der Waals surface area contributed by atoms with Gasteiger partial charge in [-0.1, -0.05) is 6.07 Å². The SMILES string of the molecule is CC1=C(Nc2nc(=O)c(F)cn2Cc2cc(F)c(F)c(F)c2)CC(c2cccn(C)c2=O)C(F)=C1. The molecule has 0 amide bonds.